The Morgan fingerprint density at radius 1 is 1.18 bits per heavy atom. The lowest BCUT2D eigenvalue weighted by Gasteiger charge is -2.41. The second kappa shape index (κ2) is 8.29. The molecule has 1 fully saturated rings. The van der Waals surface area contributed by atoms with Crippen LogP contribution in [-0.4, -0.2) is 23.1 Å². The summed E-state index contributed by atoms with van der Waals surface area (Å²) in [7, 11) is 0. The number of primary amides is 1. The highest BCUT2D eigenvalue weighted by molar-refractivity contribution is 6.30. The Hall–Kier alpha value is -3.78. The zero-order valence-electron chi connectivity index (χ0n) is 17.7. The van der Waals surface area contributed by atoms with Gasteiger partial charge in [-0.25, -0.2) is 4.79 Å². The van der Waals surface area contributed by atoms with Crippen molar-refractivity contribution in [3.63, 3.8) is 0 Å². The Morgan fingerprint density at radius 3 is 2.67 bits per heavy atom. The first-order valence-electron chi connectivity index (χ1n) is 10.7. The number of benzene rings is 2. The minimum absolute atomic E-state index is 0.268. The molecule has 0 aromatic heterocycles. The SMILES string of the molecule is NC(=O)C1=C2C=NC=CN2C(c2ccccc2CNC(=O)Nc2ccc(Cl)cc2)(C2CC2)N1. The Morgan fingerprint density at radius 2 is 1.94 bits per heavy atom. The van der Waals surface area contributed by atoms with E-state index >= 15 is 0 Å². The number of nitrogens with two attached hydrogens (primary N) is 1. The molecule has 1 atom stereocenters. The zero-order chi connectivity index (χ0) is 23.0. The third-order valence-corrected chi connectivity index (χ3v) is 6.35. The predicted molar refractivity (Wildman–Crippen MR) is 127 cm³/mol. The molecule has 0 spiro atoms. The van der Waals surface area contributed by atoms with E-state index in [1.165, 1.54) is 0 Å². The van der Waals surface area contributed by atoms with E-state index in [0.717, 1.165) is 24.0 Å². The van der Waals surface area contributed by atoms with E-state index in [1.807, 2.05) is 35.4 Å². The molecule has 0 saturated heterocycles. The van der Waals surface area contributed by atoms with Crippen LogP contribution in [-0.2, 0) is 17.0 Å². The molecule has 9 heteroatoms. The van der Waals surface area contributed by atoms with Crippen molar-refractivity contribution < 1.29 is 9.59 Å². The number of allylic oxidation sites excluding steroid dienone is 1. The fourth-order valence-electron chi connectivity index (χ4n) is 4.50. The molecule has 2 aromatic carbocycles. The van der Waals surface area contributed by atoms with Crippen LogP contribution in [0.25, 0.3) is 0 Å². The fourth-order valence-corrected chi connectivity index (χ4v) is 4.63. The highest BCUT2D eigenvalue weighted by Crippen LogP contribution is 2.53. The maximum Gasteiger partial charge on any atom is 0.319 e. The topological polar surface area (TPSA) is 112 Å². The predicted octanol–water partition coefficient (Wildman–Crippen LogP) is 3.38. The van der Waals surface area contributed by atoms with Gasteiger partial charge in [0.05, 0.1) is 11.9 Å². The van der Waals surface area contributed by atoms with E-state index in [-0.39, 0.29) is 11.9 Å². The van der Waals surface area contributed by atoms with Crippen molar-refractivity contribution in [2.24, 2.45) is 16.6 Å². The molecule has 3 aliphatic rings. The number of urea groups is 1. The standard InChI is InChI=1S/C24H23ClN6O2/c25-17-7-9-18(10-8-17)29-23(33)28-13-15-3-1-2-4-19(15)24(16-5-6-16)30-21(22(26)32)20-14-27-11-12-31(20)24/h1-4,7-12,14,16,30H,5-6,13H2,(H2,26,32)(H2,28,29,33). The Balaban J connectivity index is 1.42. The second-order valence-electron chi connectivity index (χ2n) is 8.21. The molecule has 33 heavy (non-hydrogen) atoms. The number of aliphatic imine (C=N–C) groups is 1. The summed E-state index contributed by atoms with van der Waals surface area (Å²) in [5.41, 5.74) is 8.59. The molecule has 168 valence electrons. The Kier molecular flexibility index (Phi) is 5.30. The van der Waals surface area contributed by atoms with Crippen LogP contribution in [0.15, 0.2) is 77.3 Å². The summed E-state index contributed by atoms with van der Waals surface area (Å²) < 4.78 is 0. The smallest absolute Gasteiger partial charge is 0.319 e. The fraction of sp³-hybridized carbons (Fsp3) is 0.208. The lowest BCUT2D eigenvalue weighted by atomic mass is 9.88. The first-order chi connectivity index (χ1) is 16.0. The third-order valence-electron chi connectivity index (χ3n) is 6.09. The number of nitrogens with one attached hydrogen (secondary N) is 3. The van der Waals surface area contributed by atoms with Crippen LogP contribution >= 0.6 is 11.6 Å². The largest absolute Gasteiger partial charge is 0.364 e. The van der Waals surface area contributed by atoms with Gasteiger partial charge >= 0.3 is 6.03 Å². The molecule has 0 bridgehead atoms. The molecule has 0 radical (unpaired) electrons. The quantitative estimate of drug-likeness (QED) is 0.527. The zero-order valence-corrected chi connectivity index (χ0v) is 18.5. The average molecular weight is 463 g/mol. The van der Waals surface area contributed by atoms with Gasteiger partial charge in [0.15, 0.2) is 0 Å². The molecular formula is C24H23ClN6O2. The van der Waals surface area contributed by atoms with Crippen molar-refractivity contribution in [2.75, 3.05) is 5.32 Å². The van der Waals surface area contributed by atoms with Crippen molar-refractivity contribution in [2.45, 2.75) is 25.0 Å². The number of nitrogens with zero attached hydrogens (tertiary/aromatic N) is 2. The van der Waals surface area contributed by atoms with Gasteiger partial charge in [0.2, 0.25) is 0 Å². The monoisotopic (exact) mass is 462 g/mol. The summed E-state index contributed by atoms with van der Waals surface area (Å²) >= 11 is 5.91. The highest BCUT2D eigenvalue weighted by atomic mass is 35.5. The van der Waals surface area contributed by atoms with Gasteiger partial charge in [-0.2, -0.15) is 0 Å². The van der Waals surface area contributed by atoms with E-state index in [0.29, 0.717) is 28.6 Å². The first-order valence-corrected chi connectivity index (χ1v) is 11.1. The van der Waals surface area contributed by atoms with Gasteiger partial charge < -0.3 is 26.6 Å². The number of carbonyl (C=O) groups excluding carboxylic acids is 2. The number of anilines is 1. The van der Waals surface area contributed by atoms with E-state index in [1.54, 1.807) is 36.7 Å². The van der Waals surface area contributed by atoms with Crippen LogP contribution in [0.3, 0.4) is 0 Å². The molecule has 2 aromatic rings. The molecule has 1 unspecified atom stereocenters. The molecule has 1 aliphatic carbocycles. The normalized spacial score (nSPS) is 20.9. The molecule has 2 heterocycles. The number of rotatable bonds is 6. The summed E-state index contributed by atoms with van der Waals surface area (Å²) in [6, 6.07) is 14.5. The van der Waals surface area contributed by atoms with Gasteiger partial charge in [0.1, 0.15) is 11.4 Å². The highest BCUT2D eigenvalue weighted by Gasteiger charge is 2.56. The summed E-state index contributed by atoms with van der Waals surface area (Å²) in [6.45, 7) is 0.304. The van der Waals surface area contributed by atoms with Crippen LogP contribution in [0.5, 0.6) is 0 Å². The van der Waals surface area contributed by atoms with Crippen LogP contribution in [0.4, 0.5) is 10.5 Å². The van der Waals surface area contributed by atoms with E-state index in [9.17, 15) is 9.59 Å². The number of halogens is 1. The second-order valence-corrected chi connectivity index (χ2v) is 8.64. The Bertz CT molecular complexity index is 1200. The van der Waals surface area contributed by atoms with Gasteiger partial charge in [-0.3, -0.25) is 9.79 Å². The number of hydrogen-bond donors (Lipinski definition) is 4. The molecule has 1 saturated carbocycles. The first kappa shape index (κ1) is 21.1. The molecule has 5 rings (SSSR count). The van der Waals surface area contributed by atoms with Gasteiger partial charge in [0, 0.05) is 41.1 Å². The van der Waals surface area contributed by atoms with Crippen LogP contribution < -0.4 is 21.7 Å². The number of amides is 3. The van der Waals surface area contributed by atoms with Crippen molar-refractivity contribution >= 4 is 35.4 Å². The van der Waals surface area contributed by atoms with E-state index in [4.69, 9.17) is 17.3 Å². The maximum absolute atomic E-state index is 12.5. The number of fused-ring (bicyclic) bond motifs is 1. The Labute approximate surface area is 196 Å². The van der Waals surface area contributed by atoms with Crippen molar-refractivity contribution in [1.82, 2.24) is 15.5 Å². The third kappa shape index (κ3) is 3.82. The van der Waals surface area contributed by atoms with Crippen LogP contribution in [0.2, 0.25) is 5.02 Å². The van der Waals surface area contributed by atoms with E-state index < -0.39 is 11.6 Å². The minimum Gasteiger partial charge on any atom is -0.364 e. The van der Waals surface area contributed by atoms with E-state index in [2.05, 4.69) is 20.9 Å². The lowest BCUT2D eigenvalue weighted by Crippen LogP contribution is -2.51. The number of carbonyl (C=O) groups is 2. The van der Waals surface area contributed by atoms with Crippen molar-refractivity contribution in [3.05, 3.63) is 88.5 Å². The van der Waals surface area contributed by atoms with Crippen molar-refractivity contribution in [1.29, 1.82) is 0 Å². The molecule has 5 N–H and O–H groups in total. The van der Waals surface area contributed by atoms with Gasteiger partial charge in [-0.15, -0.1) is 0 Å². The lowest BCUT2D eigenvalue weighted by molar-refractivity contribution is -0.115. The van der Waals surface area contributed by atoms with Crippen LogP contribution in [0.1, 0.15) is 24.0 Å². The summed E-state index contributed by atoms with van der Waals surface area (Å²) in [5, 5.41) is 9.78. The van der Waals surface area contributed by atoms with Crippen LogP contribution in [0, 0.1) is 5.92 Å². The van der Waals surface area contributed by atoms with Gasteiger partial charge in [0.25, 0.3) is 5.91 Å². The number of hydrogen-bond acceptors (Lipinski definition) is 5. The summed E-state index contributed by atoms with van der Waals surface area (Å²) in [4.78, 5) is 31.0. The molecule has 8 nitrogen and oxygen atoms in total. The average Bonchev–Trinajstić information content (AvgIpc) is 3.61. The van der Waals surface area contributed by atoms with Gasteiger partial charge in [-0.05, 0) is 42.7 Å². The summed E-state index contributed by atoms with van der Waals surface area (Å²) in [6.07, 6.45) is 7.23. The minimum atomic E-state index is -0.673. The van der Waals surface area contributed by atoms with Gasteiger partial charge in [-0.1, -0.05) is 35.9 Å². The van der Waals surface area contributed by atoms with Crippen molar-refractivity contribution in [3.8, 4) is 0 Å². The molecule has 2 aliphatic heterocycles. The molecule has 3 amide bonds. The molecular weight excluding hydrogens is 440 g/mol. The maximum atomic E-state index is 12.5. The summed E-state index contributed by atoms with van der Waals surface area (Å²) in [5.74, 6) is -0.262.